The number of allylic oxidation sites excluding steroid dienone is 5. The first-order valence-corrected chi connectivity index (χ1v) is 6.07. The van der Waals surface area contributed by atoms with E-state index >= 15 is 0 Å². The molecule has 2 rings (SSSR count). The van der Waals surface area contributed by atoms with Crippen molar-refractivity contribution in [1.29, 1.82) is 0 Å². The minimum Gasteiger partial charge on any atom is -0.303 e. The van der Waals surface area contributed by atoms with E-state index in [0.717, 1.165) is 6.08 Å². The third-order valence-corrected chi connectivity index (χ3v) is 3.51. The molecular formula is C13H12ClF2NO. The zero-order chi connectivity index (χ0) is 13.3. The van der Waals surface area contributed by atoms with Gasteiger partial charge >= 0.3 is 0 Å². The Balaban J connectivity index is 2.42. The number of rotatable bonds is 2. The van der Waals surface area contributed by atoms with Gasteiger partial charge in [-0.3, -0.25) is 4.99 Å². The molecule has 0 aromatic rings. The summed E-state index contributed by atoms with van der Waals surface area (Å²) in [5, 5.41) is 0. The number of carbonyl (C=O) groups is 1. The number of dihydropyridines is 1. The van der Waals surface area contributed by atoms with Crippen molar-refractivity contribution < 1.29 is 13.6 Å². The molecule has 0 amide bonds. The molecule has 5 heteroatoms. The van der Waals surface area contributed by atoms with Crippen LogP contribution in [-0.4, -0.2) is 18.0 Å². The molecule has 1 aliphatic carbocycles. The Morgan fingerprint density at radius 2 is 2.22 bits per heavy atom. The van der Waals surface area contributed by atoms with E-state index in [1.165, 1.54) is 12.3 Å². The lowest BCUT2D eigenvalue weighted by Crippen LogP contribution is -2.22. The van der Waals surface area contributed by atoms with Gasteiger partial charge in [-0.1, -0.05) is 18.5 Å². The molecule has 18 heavy (non-hydrogen) atoms. The van der Waals surface area contributed by atoms with Crippen LogP contribution in [0.2, 0.25) is 0 Å². The smallest absolute Gasteiger partial charge is 0.137 e. The van der Waals surface area contributed by atoms with Crippen LogP contribution in [0, 0.1) is 11.8 Å². The molecule has 3 atom stereocenters. The predicted molar refractivity (Wildman–Crippen MR) is 66.9 cm³/mol. The number of aldehydes is 1. The van der Waals surface area contributed by atoms with Crippen LogP contribution in [-0.2, 0) is 4.79 Å². The minimum absolute atomic E-state index is 0.00464. The van der Waals surface area contributed by atoms with Crippen molar-refractivity contribution in [2.75, 3.05) is 0 Å². The second-order valence-corrected chi connectivity index (χ2v) is 4.85. The van der Waals surface area contributed by atoms with E-state index in [4.69, 9.17) is 11.6 Å². The highest BCUT2D eigenvalue weighted by molar-refractivity contribution is 6.22. The average Bonchev–Trinajstić information content (AvgIpc) is 2.33. The van der Waals surface area contributed by atoms with Gasteiger partial charge in [-0.2, -0.15) is 0 Å². The van der Waals surface area contributed by atoms with Crippen molar-refractivity contribution in [3.8, 4) is 0 Å². The molecule has 0 fully saturated rings. The number of hydrogen-bond donors (Lipinski definition) is 0. The fraction of sp³-hybridized carbons (Fsp3) is 0.385. The Morgan fingerprint density at radius 3 is 2.89 bits per heavy atom. The predicted octanol–water partition coefficient (Wildman–Crippen LogP) is 3.49. The van der Waals surface area contributed by atoms with Gasteiger partial charge in [-0.25, -0.2) is 8.78 Å². The summed E-state index contributed by atoms with van der Waals surface area (Å²) in [4.78, 5) is 14.9. The Morgan fingerprint density at radius 1 is 1.50 bits per heavy atom. The van der Waals surface area contributed by atoms with Gasteiger partial charge in [0, 0.05) is 24.1 Å². The monoisotopic (exact) mass is 271 g/mol. The molecule has 0 bridgehead atoms. The topological polar surface area (TPSA) is 29.4 Å². The molecular weight excluding hydrogens is 260 g/mol. The van der Waals surface area contributed by atoms with Crippen LogP contribution in [0.1, 0.15) is 13.3 Å². The van der Waals surface area contributed by atoms with Crippen LogP contribution in [0.3, 0.4) is 0 Å². The number of carbonyl (C=O) groups excluding carboxylic acids is 1. The Kier molecular flexibility index (Phi) is 3.76. The molecule has 0 spiro atoms. The summed E-state index contributed by atoms with van der Waals surface area (Å²) in [6.07, 6.45) is 4.69. The molecule has 96 valence electrons. The number of halogens is 3. The van der Waals surface area contributed by atoms with Gasteiger partial charge in [0.1, 0.15) is 23.4 Å². The summed E-state index contributed by atoms with van der Waals surface area (Å²) in [5.74, 6) is -2.00. The number of nitrogens with zero attached hydrogens (tertiary/aromatic N) is 1. The molecule has 0 aromatic carbocycles. The van der Waals surface area contributed by atoms with Crippen LogP contribution >= 0.6 is 11.6 Å². The third kappa shape index (κ3) is 2.29. The maximum absolute atomic E-state index is 13.9. The molecule has 0 N–H and O–H groups in total. The summed E-state index contributed by atoms with van der Waals surface area (Å²) in [7, 11) is 0. The molecule has 1 heterocycles. The SMILES string of the molecule is CC1CC(F)=C(C2=CC=NC(Cl)C2C=O)C=C1F. The van der Waals surface area contributed by atoms with Crippen molar-refractivity contribution in [1.82, 2.24) is 0 Å². The Bertz CT molecular complexity index is 493. The lowest BCUT2D eigenvalue weighted by molar-refractivity contribution is -0.110. The number of alkyl halides is 1. The second-order valence-electron chi connectivity index (χ2n) is 4.41. The van der Waals surface area contributed by atoms with Crippen LogP contribution < -0.4 is 0 Å². The maximum atomic E-state index is 13.9. The van der Waals surface area contributed by atoms with Gasteiger partial charge < -0.3 is 4.79 Å². The summed E-state index contributed by atoms with van der Waals surface area (Å²) in [6.45, 7) is 1.61. The van der Waals surface area contributed by atoms with E-state index in [1.807, 2.05) is 0 Å². The molecule has 2 aliphatic rings. The summed E-state index contributed by atoms with van der Waals surface area (Å²) in [5.41, 5.74) is -0.252. The number of hydrogen-bond acceptors (Lipinski definition) is 2. The zero-order valence-electron chi connectivity index (χ0n) is 9.74. The lowest BCUT2D eigenvalue weighted by atomic mass is 9.85. The first kappa shape index (κ1) is 13.1. The molecule has 0 saturated heterocycles. The maximum Gasteiger partial charge on any atom is 0.137 e. The third-order valence-electron chi connectivity index (χ3n) is 3.13. The van der Waals surface area contributed by atoms with E-state index in [1.54, 1.807) is 6.92 Å². The van der Waals surface area contributed by atoms with Crippen molar-refractivity contribution in [2.45, 2.75) is 18.8 Å². The summed E-state index contributed by atoms with van der Waals surface area (Å²) >= 11 is 5.88. The van der Waals surface area contributed by atoms with Gasteiger partial charge in [0.25, 0.3) is 0 Å². The van der Waals surface area contributed by atoms with E-state index in [2.05, 4.69) is 4.99 Å². The molecule has 0 radical (unpaired) electrons. The van der Waals surface area contributed by atoms with Crippen molar-refractivity contribution in [3.63, 3.8) is 0 Å². The molecule has 1 aliphatic heterocycles. The van der Waals surface area contributed by atoms with E-state index in [9.17, 15) is 13.6 Å². The van der Waals surface area contributed by atoms with Crippen molar-refractivity contribution in [3.05, 3.63) is 35.0 Å². The van der Waals surface area contributed by atoms with Crippen LogP contribution in [0.15, 0.2) is 39.9 Å². The normalized spacial score (nSPS) is 32.1. The van der Waals surface area contributed by atoms with Gasteiger partial charge in [0.05, 0.1) is 5.92 Å². The molecule has 3 unspecified atom stereocenters. The fourth-order valence-electron chi connectivity index (χ4n) is 2.04. The van der Waals surface area contributed by atoms with E-state index in [0.29, 0.717) is 11.9 Å². The lowest BCUT2D eigenvalue weighted by Gasteiger charge is -2.24. The largest absolute Gasteiger partial charge is 0.303 e. The van der Waals surface area contributed by atoms with Gasteiger partial charge in [-0.05, 0) is 17.7 Å². The summed E-state index contributed by atoms with van der Waals surface area (Å²) < 4.78 is 27.5. The highest BCUT2D eigenvalue weighted by atomic mass is 35.5. The minimum atomic E-state index is -0.765. The number of aliphatic imine (C=N–C) groups is 1. The zero-order valence-corrected chi connectivity index (χ0v) is 10.5. The van der Waals surface area contributed by atoms with E-state index < -0.39 is 23.2 Å². The standard InChI is InChI=1S/C13H12ClF2NO/c1-7-4-12(16)9(5-11(7)15)8-2-3-17-13(14)10(8)6-18/h2-3,5-7,10,13H,4H2,1H3. The van der Waals surface area contributed by atoms with Crippen LogP contribution in [0.4, 0.5) is 8.78 Å². The Hall–Kier alpha value is -1.29. The van der Waals surface area contributed by atoms with Gasteiger partial charge in [0.2, 0.25) is 0 Å². The van der Waals surface area contributed by atoms with Crippen LogP contribution in [0.25, 0.3) is 0 Å². The van der Waals surface area contributed by atoms with Crippen molar-refractivity contribution in [2.24, 2.45) is 16.8 Å². The second kappa shape index (κ2) is 5.14. The van der Waals surface area contributed by atoms with Gasteiger partial charge in [-0.15, -0.1) is 0 Å². The summed E-state index contributed by atoms with van der Waals surface area (Å²) in [6, 6.07) is 0. The quantitative estimate of drug-likeness (QED) is 0.429. The first-order chi connectivity index (χ1) is 8.54. The molecule has 0 aromatic heterocycles. The fourth-order valence-corrected chi connectivity index (χ4v) is 2.30. The Labute approximate surface area is 109 Å². The van der Waals surface area contributed by atoms with E-state index in [-0.39, 0.29) is 17.8 Å². The molecule has 0 saturated carbocycles. The molecule has 2 nitrogen and oxygen atoms in total. The van der Waals surface area contributed by atoms with Crippen LogP contribution in [0.5, 0.6) is 0 Å². The highest BCUT2D eigenvalue weighted by Gasteiger charge is 2.30. The first-order valence-electron chi connectivity index (χ1n) is 5.63. The highest BCUT2D eigenvalue weighted by Crippen LogP contribution is 2.38. The van der Waals surface area contributed by atoms with Crippen molar-refractivity contribution >= 4 is 24.1 Å². The van der Waals surface area contributed by atoms with Gasteiger partial charge in [0.15, 0.2) is 0 Å². The average molecular weight is 272 g/mol.